The molecule has 0 aromatic heterocycles. The number of piperidine rings is 1. The molecule has 122 valence electrons. The third-order valence-electron chi connectivity index (χ3n) is 4.21. The molecule has 0 spiro atoms. The van der Waals surface area contributed by atoms with Crippen LogP contribution >= 0.6 is 0 Å². The van der Waals surface area contributed by atoms with E-state index in [4.69, 9.17) is 5.26 Å². The van der Waals surface area contributed by atoms with E-state index in [-0.39, 0.29) is 5.41 Å². The fraction of sp³-hybridized carbons (Fsp3) is 0.611. The Morgan fingerprint density at radius 3 is 2.50 bits per heavy atom. The zero-order valence-electron chi connectivity index (χ0n) is 14.3. The molecule has 1 fully saturated rings. The topological polar surface area (TPSA) is 44.1 Å². The van der Waals surface area contributed by atoms with Crippen molar-refractivity contribution >= 4 is 10.8 Å². The summed E-state index contributed by atoms with van der Waals surface area (Å²) in [4.78, 5) is 3.32. The van der Waals surface area contributed by atoms with Crippen LogP contribution in [-0.2, 0) is 17.3 Å². The van der Waals surface area contributed by atoms with Gasteiger partial charge < -0.3 is 0 Å². The van der Waals surface area contributed by atoms with Crippen molar-refractivity contribution in [3.05, 3.63) is 29.8 Å². The van der Waals surface area contributed by atoms with Crippen molar-refractivity contribution in [1.82, 2.24) is 4.90 Å². The number of rotatable bonds is 4. The summed E-state index contributed by atoms with van der Waals surface area (Å²) in [6.45, 7) is 9.21. The van der Waals surface area contributed by atoms with E-state index in [1.807, 2.05) is 32.0 Å². The van der Waals surface area contributed by atoms with Gasteiger partial charge in [-0.2, -0.15) is 5.26 Å². The van der Waals surface area contributed by atoms with Crippen LogP contribution in [0.3, 0.4) is 0 Å². The van der Waals surface area contributed by atoms with E-state index in [1.54, 1.807) is 6.26 Å². The van der Waals surface area contributed by atoms with E-state index < -0.39 is 10.8 Å². The summed E-state index contributed by atoms with van der Waals surface area (Å²) in [7, 11) is -0.915. The predicted octanol–water partition coefficient (Wildman–Crippen LogP) is 3.97. The molecule has 4 heteroatoms. The predicted molar refractivity (Wildman–Crippen MR) is 93.0 cm³/mol. The molecule has 1 aliphatic heterocycles. The molecule has 3 nitrogen and oxygen atoms in total. The number of benzene rings is 1. The van der Waals surface area contributed by atoms with Gasteiger partial charge in [0.25, 0.3) is 0 Å². The van der Waals surface area contributed by atoms with E-state index in [1.165, 1.54) is 5.56 Å². The van der Waals surface area contributed by atoms with Crippen molar-refractivity contribution in [2.45, 2.75) is 51.5 Å². The maximum Gasteiger partial charge on any atom is 0.0627 e. The van der Waals surface area contributed by atoms with E-state index in [9.17, 15) is 4.21 Å². The van der Waals surface area contributed by atoms with Crippen LogP contribution in [0, 0.1) is 16.7 Å². The van der Waals surface area contributed by atoms with Gasteiger partial charge in [-0.1, -0.05) is 32.9 Å². The summed E-state index contributed by atoms with van der Waals surface area (Å²) >= 11 is 0. The van der Waals surface area contributed by atoms with Crippen LogP contribution in [0.4, 0.5) is 0 Å². The molecule has 1 aromatic carbocycles. The van der Waals surface area contributed by atoms with Gasteiger partial charge >= 0.3 is 0 Å². The van der Waals surface area contributed by atoms with E-state index >= 15 is 0 Å². The van der Waals surface area contributed by atoms with Crippen LogP contribution < -0.4 is 0 Å². The number of nitriles is 1. The molecule has 0 bridgehead atoms. The van der Waals surface area contributed by atoms with Crippen molar-refractivity contribution in [2.75, 3.05) is 19.3 Å². The smallest absolute Gasteiger partial charge is 0.0627 e. The van der Waals surface area contributed by atoms with Crippen LogP contribution in [0.1, 0.15) is 45.6 Å². The summed E-state index contributed by atoms with van der Waals surface area (Å²) in [6, 6.07) is 10.3. The first-order valence-corrected chi connectivity index (χ1v) is 9.60. The monoisotopic (exact) mass is 320 g/mol. The largest absolute Gasteiger partial charge is 0.299 e. The Kier molecular flexibility index (Phi) is 7.78. The van der Waals surface area contributed by atoms with Gasteiger partial charge in [-0.05, 0) is 49.0 Å². The Morgan fingerprint density at radius 2 is 1.95 bits per heavy atom. The molecule has 0 amide bonds. The normalized spacial score (nSPS) is 18.7. The van der Waals surface area contributed by atoms with Gasteiger partial charge in [0.15, 0.2) is 0 Å². The van der Waals surface area contributed by atoms with Crippen molar-refractivity contribution < 1.29 is 4.21 Å². The summed E-state index contributed by atoms with van der Waals surface area (Å²) in [5, 5.41) is 8.87. The lowest BCUT2D eigenvalue weighted by molar-refractivity contribution is 0.116. The summed E-state index contributed by atoms with van der Waals surface area (Å²) in [5.41, 5.74) is 1.42. The molecule has 2 rings (SSSR count). The lowest BCUT2D eigenvalue weighted by atomic mass is 9.78. The Balaban J connectivity index is 0.00000116. The minimum Gasteiger partial charge on any atom is -0.299 e. The molecule has 1 atom stereocenters. The number of hydrogen-bond donors (Lipinski definition) is 0. The van der Waals surface area contributed by atoms with Gasteiger partial charge in [0.05, 0.1) is 6.07 Å². The van der Waals surface area contributed by atoms with Crippen LogP contribution in [0.2, 0.25) is 0 Å². The fourth-order valence-electron chi connectivity index (χ4n) is 2.70. The third kappa shape index (κ3) is 5.55. The Hall–Kier alpha value is -1.18. The lowest BCUT2D eigenvalue weighted by Crippen LogP contribution is -2.38. The van der Waals surface area contributed by atoms with Gasteiger partial charge in [0.1, 0.15) is 0 Å². The average Bonchev–Trinajstić information content (AvgIpc) is 2.52. The minimum atomic E-state index is -0.915. The van der Waals surface area contributed by atoms with Crippen molar-refractivity contribution in [3.63, 3.8) is 0 Å². The molecular formula is C18H28N2OS. The SMILES string of the molecule is CC.CS(=O)c1cccc(CN2CCC(C)(CC#N)CC2)c1. The number of likely N-dealkylation sites (tertiary alicyclic amines) is 1. The first-order chi connectivity index (χ1) is 10.5. The molecule has 1 heterocycles. The maximum atomic E-state index is 11.5. The number of nitrogens with zero attached hydrogens (tertiary/aromatic N) is 2. The first-order valence-electron chi connectivity index (χ1n) is 8.04. The Labute approximate surface area is 137 Å². The van der Waals surface area contributed by atoms with Gasteiger partial charge in [0.2, 0.25) is 0 Å². The molecule has 0 aliphatic carbocycles. The fourth-order valence-corrected chi connectivity index (χ4v) is 3.29. The molecule has 0 radical (unpaired) electrons. The summed E-state index contributed by atoms with van der Waals surface area (Å²) in [6.07, 6.45) is 4.54. The molecule has 1 aliphatic rings. The minimum absolute atomic E-state index is 0.192. The van der Waals surface area contributed by atoms with Gasteiger partial charge in [0, 0.05) is 34.9 Å². The zero-order valence-corrected chi connectivity index (χ0v) is 15.1. The highest BCUT2D eigenvalue weighted by Crippen LogP contribution is 2.34. The standard InChI is InChI=1S/C16H22N2OS.C2H6/c1-16(6-9-17)7-10-18(11-8-16)13-14-4-3-5-15(12-14)20(2)19;1-2/h3-5,12H,6-8,10-11,13H2,1-2H3;1-2H3. The Bertz CT molecular complexity index is 528. The van der Waals surface area contributed by atoms with Crippen LogP contribution in [0.15, 0.2) is 29.2 Å². The second-order valence-electron chi connectivity index (χ2n) is 6.02. The van der Waals surface area contributed by atoms with E-state index in [0.717, 1.165) is 37.4 Å². The van der Waals surface area contributed by atoms with Gasteiger partial charge in [-0.25, -0.2) is 0 Å². The molecule has 1 unspecified atom stereocenters. The molecule has 1 aromatic rings. The second kappa shape index (κ2) is 9.07. The molecule has 0 N–H and O–H groups in total. The zero-order chi connectivity index (χ0) is 16.6. The van der Waals surface area contributed by atoms with Gasteiger partial charge in [-0.15, -0.1) is 0 Å². The average molecular weight is 321 g/mol. The van der Waals surface area contributed by atoms with E-state index in [2.05, 4.69) is 24.0 Å². The highest BCUT2D eigenvalue weighted by atomic mass is 32.2. The molecule has 0 saturated carbocycles. The van der Waals surface area contributed by atoms with Crippen molar-refractivity contribution in [1.29, 1.82) is 5.26 Å². The van der Waals surface area contributed by atoms with Crippen LogP contribution in [-0.4, -0.2) is 28.5 Å². The molecule has 1 saturated heterocycles. The molecule has 22 heavy (non-hydrogen) atoms. The summed E-state index contributed by atoms with van der Waals surface area (Å²) < 4.78 is 11.5. The van der Waals surface area contributed by atoms with Crippen molar-refractivity contribution in [2.24, 2.45) is 5.41 Å². The first kappa shape index (κ1) is 18.9. The number of hydrogen-bond acceptors (Lipinski definition) is 3. The highest BCUT2D eigenvalue weighted by Gasteiger charge is 2.29. The molecular weight excluding hydrogens is 292 g/mol. The Morgan fingerprint density at radius 1 is 1.32 bits per heavy atom. The lowest BCUT2D eigenvalue weighted by Gasteiger charge is -2.38. The van der Waals surface area contributed by atoms with E-state index in [0.29, 0.717) is 6.42 Å². The quantitative estimate of drug-likeness (QED) is 0.843. The highest BCUT2D eigenvalue weighted by molar-refractivity contribution is 7.84. The van der Waals surface area contributed by atoms with Crippen LogP contribution in [0.5, 0.6) is 0 Å². The maximum absolute atomic E-state index is 11.5. The second-order valence-corrected chi connectivity index (χ2v) is 7.40. The summed E-state index contributed by atoms with van der Waals surface area (Å²) in [5.74, 6) is 0. The van der Waals surface area contributed by atoms with Crippen molar-refractivity contribution in [3.8, 4) is 6.07 Å². The van der Waals surface area contributed by atoms with Gasteiger partial charge in [-0.3, -0.25) is 9.11 Å². The van der Waals surface area contributed by atoms with Crippen LogP contribution in [0.25, 0.3) is 0 Å². The third-order valence-corrected chi connectivity index (χ3v) is 5.12.